The topological polar surface area (TPSA) is 51.0 Å². The normalized spacial score (nSPS) is 27.4. The summed E-state index contributed by atoms with van der Waals surface area (Å²) >= 11 is 0. The molecular weight excluding hydrogens is 202 g/mol. The molecule has 1 atom stereocenters. The molecule has 1 N–H and O–H groups in total. The van der Waals surface area contributed by atoms with Crippen molar-refractivity contribution in [3.8, 4) is 0 Å². The predicted molar refractivity (Wildman–Crippen MR) is 60.4 cm³/mol. The minimum atomic E-state index is 0.449. The van der Waals surface area contributed by atoms with Crippen LogP contribution in [0, 0.1) is 0 Å². The zero-order chi connectivity index (χ0) is 10.8. The maximum absolute atomic E-state index is 5.40. The second kappa shape index (κ2) is 4.53. The van der Waals surface area contributed by atoms with E-state index >= 15 is 0 Å². The Bertz CT molecular complexity index is 338. The molecule has 0 radical (unpaired) electrons. The predicted octanol–water partition coefficient (Wildman–Crippen LogP) is 2.19. The van der Waals surface area contributed by atoms with Gasteiger partial charge in [0, 0.05) is 12.5 Å². The Balaban J connectivity index is 1.71. The van der Waals surface area contributed by atoms with E-state index in [2.05, 4.69) is 15.5 Å². The average Bonchev–Trinajstić information content (AvgIpc) is 3.01. The third-order valence-electron chi connectivity index (χ3n) is 3.84. The SMILES string of the molecule is C1CCC(c2noc(C3CCNC3)n2)CC1. The third-order valence-corrected chi connectivity index (χ3v) is 3.84. The summed E-state index contributed by atoms with van der Waals surface area (Å²) in [6, 6.07) is 0. The lowest BCUT2D eigenvalue weighted by atomic mass is 9.89. The Morgan fingerprint density at radius 2 is 1.94 bits per heavy atom. The summed E-state index contributed by atoms with van der Waals surface area (Å²) in [4.78, 5) is 4.60. The smallest absolute Gasteiger partial charge is 0.231 e. The Morgan fingerprint density at radius 1 is 1.06 bits per heavy atom. The van der Waals surface area contributed by atoms with Crippen molar-refractivity contribution in [3.05, 3.63) is 11.7 Å². The Kier molecular flexibility index (Phi) is 2.91. The highest BCUT2D eigenvalue weighted by molar-refractivity contribution is 5.02. The lowest BCUT2D eigenvalue weighted by Crippen LogP contribution is -2.09. The monoisotopic (exact) mass is 221 g/mol. The van der Waals surface area contributed by atoms with Gasteiger partial charge in [-0.3, -0.25) is 0 Å². The molecular formula is C12H19N3O. The highest BCUT2D eigenvalue weighted by atomic mass is 16.5. The standard InChI is InChI=1S/C12H19N3O/c1-2-4-9(5-3-1)11-14-12(16-15-11)10-6-7-13-8-10/h9-10,13H,1-8H2. The second-order valence-corrected chi connectivity index (χ2v) is 5.02. The quantitative estimate of drug-likeness (QED) is 0.831. The van der Waals surface area contributed by atoms with Crippen molar-refractivity contribution < 1.29 is 4.52 Å². The molecule has 1 saturated carbocycles. The lowest BCUT2D eigenvalue weighted by Gasteiger charge is -2.17. The van der Waals surface area contributed by atoms with Gasteiger partial charge in [-0.1, -0.05) is 24.4 Å². The highest BCUT2D eigenvalue weighted by Crippen LogP contribution is 2.32. The number of hydrogen-bond acceptors (Lipinski definition) is 4. The van der Waals surface area contributed by atoms with E-state index in [1.165, 1.54) is 32.1 Å². The van der Waals surface area contributed by atoms with Gasteiger partial charge >= 0.3 is 0 Å². The Morgan fingerprint density at radius 3 is 2.69 bits per heavy atom. The van der Waals surface area contributed by atoms with E-state index in [0.717, 1.165) is 31.2 Å². The molecule has 1 aliphatic carbocycles. The van der Waals surface area contributed by atoms with Gasteiger partial charge in [0.25, 0.3) is 0 Å². The molecule has 1 aromatic heterocycles. The fourth-order valence-electron chi connectivity index (χ4n) is 2.81. The van der Waals surface area contributed by atoms with Crippen molar-refractivity contribution in [2.75, 3.05) is 13.1 Å². The molecule has 1 aromatic rings. The maximum Gasteiger partial charge on any atom is 0.231 e. The molecule has 4 nitrogen and oxygen atoms in total. The minimum Gasteiger partial charge on any atom is -0.339 e. The zero-order valence-electron chi connectivity index (χ0n) is 9.61. The van der Waals surface area contributed by atoms with E-state index < -0.39 is 0 Å². The van der Waals surface area contributed by atoms with Crippen molar-refractivity contribution in [1.29, 1.82) is 0 Å². The molecule has 0 amide bonds. The first-order chi connectivity index (χ1) is 7.93. The van der Waals surface area contributed by atoms with E-state index in [1.54, 1.807) is 0 Å². The van der Waals surface area contributed by atoms with Crippen molar-refractivity contribution in [3.63, 3.8) is 0 Å². The summed E-state index contributed by atoms with van der Waals surface area (Å²) in [5.41, 5.74) is 0. The summed E-state index contributed by atoms with van der Waals surface area (Å²) in [5.74, 6) is 2.82. The van der Waals surface area contributed by atoms with Gasteiger partial charge in [-0.2, -0.15) is 4.98 Å². The van der Waals surface area contributed by atoms with Crippen LogP contribution in [0.15, 0.2) is 4.52 Å². The van der Waals surface area contributed by atoms with Crippen LogP contribution in [0.5, 0.6) is 0 Å². The summed E-state index contributed by atoms with van der Waals surface area (Å²) in [6.45, 7) is 2.07. The van der Waals surface area contributed by atoms with Gasteiger partial charge in [0.2, 0.25) is 5.89 Å². The number of hydrogen-bond donors (Lipinski definition) is 1. The molecule has 4 heteroatoms. The average molecular weight is 221 g/mol. The molecule has 1 aliphatic heterocycles. The first-order valence-electron chi connectivity index (χ1n) is 6.47. The molecule has 2 aliphatic rings. The van der Waals surface area contributed by atoms with Gasteiger partial charge in [-0.25, -0.2) is 0 Å². The molecule has 88 valence electrons. The first-order valence-corrected chi connectivity index (χ1v) is 6.47. The maximum atomic E-state index is 5.40. The summed E-state index contributed by atoms with van der Waals surface area (Å²) in [6.07, 6.45) is 7.61. The third kappa shape index (κ3) is 1.98. The largest absolute Gasteiger partial charge is 0.339 e. The second-order valence-electron chi connectivity index (χ2n) is 5.02. The van der Waals surface area contributed by atoms with Crippen LogP contribution in [-0.4, -0.2) is 23.2 Å². The van der Waals surface area contributed by atoms with Crippen molar-refractivity contribution in [2.24, 2.45) is 0 Å². The number of nitrogens with one attached hydrogen (secondary N) is 1. The number of nitrogens with zero attached hydrogens (tertiary/aromatic N) is 2. The highest BCUT2D eigenvalue weighted by Gasteiger charge is 2.26. The molecule has 0 bridgehead atoms. The fourth-order valence-corrected chi connectivity index (χ4v) is 2.81. The van der Waals surface area contributed by atoms with Crippen LogP contribution < -0.4 is 5.32 Å². The molecule has 3 rings (SSSR count). The number of rotatable bonds is 2. The molecule has 16 heavy (non-hydrogen) atoms. The van der Waals surface area contributed by atoms with E-state index in [0.29, 0.717) is 11.8 Å². The fraction of sp³-hybridized carbons (Fsp3) is 0.833. The number of aromatic nitrogens is 2. The minimum absolute atomic E-state index is 0.449. The van der Waals surface area contributed by atoms with Crippen LogP contribution in [0.4, 0.5) is 0 Å². The molecule has 2 heterocycles. The molecule has 1 saturated heterocycles. The van der Waals surface area contributed by atoms with Gasteiger partial charge in [0.15, 0.2) is 5.82 Å². The van der Waals surface area contributed by atoms with Gasteiger partial charge in [0.1, 0.15) is 0 Å². The summed E-state index contributed by atoms with van der Waals surface area (Å²) < 4.78 is 5.40. The Hall–Kier alpha value is -0.900. The van der Waals surface area contributed by atoms with E-state index in [-0.39, 0.29) is 0 Å². The molecule has 0 spiro atoms. The van der Waals surface area contributed by atoms with Crippen LogP contribution >= 0.6 is 0 Å². The van der Waals surface area contributed by atoms with Gasteiger partial charge in [-0.05, 0) is 25.8 Å². The van der Waals surface area contributed by atoms with E-state index in [4.69, 9.17) is 4.52 Å². The van der Waals surface area contributed by atoms with Crippen LogP contribution in [0.3, 0.4) is 0 Å². The van der Waals surface area contributed by atoms with E-state index in [1.807, 2.05) is 0 Å². The van der Waals surface area contributed by atoms with E-state index in [9.17, 15) is 0 Å². The lowest BCUT2D eigenvalue weighted by molar-refractivity contribution is 0.344. The van der Waals surface area contributed by atoms with Crippen LogP contribution in [0.25, 0.3) is 0 Å². The van der Waals surface area contributed by atoms with Crippen LogP contribution in [0.1, 0.15) is 62.1 Å². The zero-order valence-corrected chi connectivity index (χ0v) is 9.61. The molecule has 0 aromatic carbocycles. The van der Waals surface area contributed by atoms with Crippen LogP contribution in [0.2, 0.25) is 0 Å². The Labute approximate surface area is 95.8 Å². The first kappa shape index (κ1) is 10.3. The van der Waals surface area contributed by atoms with Crippen molar-refractivity contribution in [1.82, 2.24) is 15.5 Å². The summed E-state index contributed by atoms with van der Waals surface area (Å²) in [5, 5.41) is 7.50. The van der Waals surface area contributed by atoms with Crippen LogP contribution in [-0.2, 0) is 0 Å². The summed E-state index contributed by atoms with van der Waals surface area (Å²) in [7, 11) is 0. The molecule has 1 unspecified atom stereocenters. The van der Waals surface area contributed by atoms with Gasteiger partial charge in [-0.15, -0.1) is 0 Å². The van der Waals surface area contributed by atoms with Crippen molar-refractivity contribution >= 4 is 0 Å². The molecule has 2 fully saturated rings. The van der Waals surface area contributed by atoms with Crippen molar-refractivity contribution in [2.45, 2.75) is 50.4 Å². The van der Waals surface area contributed by atoms with Gasteiger partial charge < -0.3 is 9.84 Å². The van der Waals surface area contributed by atoms with Gasteiger partial charge in [0.05, 0.1) is 5.92 Å².